The first-order valence-electron chi connectivity index (χ1n) is 5.93. The van der Waals surface area contributed by atoms with Crippen LogP contribution < -0.4 is 4.90 Å². The fraction of sp³-hybridized carbons (Fsp3) is 0.200. The Labute approximate surface area is 112 Å². The highest BCUT2D eigenvalue weighted by Crippen LogP contribution is 2.24. The smallest absolute Gasteiger partial charge is 0.0854 e. The number of para-hydroxylation sites is 2. The first kappa shape index (κ1) is 12.9. The minimum Gasteiger partial charge on any atom is -0.390 e. The zero-order valence-corrected chi connectivity index (χ0v) is 10.8. The molecule has 0 aliphatic rings. The number of aliphatic hydroxyl groups excluding tert-OH is 1. The van der Waals surface area contributed by atoms with Crippen molar-refractivity contribution in [3.05, 3.63) is 60.7 Å². The second kappa shape index (κ2) is 6.43. The van der Waals surface area contributed by atoms with Crippen LogP contribution in [0.1, 0.15) is 0 Å². The molecule has 0 spiro atoms. The van der Waals surface area contributed by atoms with Crippen LogP contribution in [-0.4, -0.2) is 23.6 Å². The molecule has 2 aromatic rings. The quantitative estimate of drug-likeness (QED) is 0.834. The number of hydrogen-bond donors (Lipinski definition) is 1. The predicted octanol–water partition coefficient (Wildman–Crippen LogP) is 3.42. The summed E-state index contributed by atoms with van der Waals surface area (Å²) in [5, 5.41) is 9.78. The van der Waals surface area contributed by atoms with E-state index >= 15 is 0 Å². The molecule has 1 atom stereocenters. The van der Waals surface area contributed by atoms with E-state index in [9.17, 15) is 5.11 Å². The van der Waals surface area contributed by atoms with Gasteiger partial charge in [-0.3, -0.25) is 0 Å². The van der Waals surface area contributed by atoms with Gasteiger partial charge in [-0.05, 0) is 24.3 Å². The van der Waals surface area contributed by atoms with Gasteiger partial charge >= 0.3 is 0 Å². The topological polar surface area (TPSA) is 23.5 Å². The second-order valence-electron chi connectivity index (χ2n) is 4.09. The van der Waals surface area contributed by atoms with Crippen LogP contribution in [0.3, 0.4) is 0 Å². The van der Waals surface area contributed by atoms with Gasteiger partial charge < -0.3 is 10.0 Å². The third-order valence-corrected chi connectivity index (χ3v) is 3.06. The van der Waals surface area contributed by atoms with Gasteiger partial charge in [0.2, 0.25) is 0 Å². The zero-order chi connectivity index (χ0) is 12.8. The number of benzene rings is 2. The highest BCUT2D eigenvalue weighted by atomic mass is 35.5. The maximum atomic E-state index is 9.78. The third-order valence-electron chi connectivity index (χ3n) is 2.71. The van der Waals surface area contributed by atoms with Gasteiger partial charge in [-0.2, -0.15) is 0 Å². The van der Waals surface area contributed by atoms with Crippen LogP contribution in [0, 0.1) is 0 Å². The standard InChI is InChI=1S/C15H16ClNO/c16-11-15(18)12-17(13-7-3-1-4-8-13)14-9-5-2-6-10-14/h1-10,15,18H,11-12H2. The summed E-state index contributed by atoms with van der Waals surface area (Å²) in [4.78, 5) is 2.06. The number of hydrogen-bond acceptors (Lipinski definition) is 2. The van der Waals surface area contributed by atoms with E-state index in [0.717, 1.165) is 11.4 Å². The highest BCUT2D eigenvalue weighted by Gasteiger charge is 2.13. The molecule has 1 N–H and O–H groups in total. The fourth-order valence-corrected chi connectivity index (χ4v) is 1.93. The summed E-state index contributed by atoms with van der Waals surface area (Å²) in [6, 6.07) is 20.0. The molecule has 0 saturated carbocycles. The zero-order valence-electron chi connectivity index (χ0n) is 10.0. The van der Waals surface area contributed by atoms with Crippen molar-refractivity contribution in [1.29, 1.82) is 0 Å². The molecule has 1 unspecified atom stereocenters. The van der Waals surface area contributed by atoms with Crippen molar-refractivity contribution in [3.8, 4) is 0 Å². The molecular weight excluding hydrogens is 246 g/mol. The summed E-state index contributed by atoms with van der Waals surface area (Å²) in [6.07, 6.45) is -0.549. The molecule has 2 rings (SSSR count). The summed E-state index contributed by atoms with van der Waals surface area (Å²) >= 11 is 5.69. The van der Waals surface area contributed by atoms with Crippen LogP contribution in [-0.2, 0) is 0 Å². The molecule has 0 aromatic heterocycles. The molecule has 18 heavy (non-hydrogen) atoms. The van der Waals surface area contributed by atoms with Gasteiger partial charge in [0.25, 0.3) is 0 Å². The molecule has 2 nitrogen and oxygen atoms in total. The Morgan fingerprint density at radius 1 is 0.889 bits per heavy atom. The lowest BCUT2D eigenvalue weighted by Crippen LogP contribution is -2.29. The normalized spacial score (nSPS) is 12.1. The van der Waals surface area contributed by atoms with Crippen molar-refractivity contribution in [2.75, 3.05) is 17.3 Å². The summed E-state index contributed by atoms with van der Waals surface area (Å²) in [7, 11) is 0. The number of alkyl halides is 1. The van der Waals surface area contributed by atoms with Crippen LogP contribution in [0.2, 0.25) is 0 Å². The average Bonchev–Trinajstić information content (AvgIpc) is 2.46. The van der Waals surface area contributed by atoms with Crippen molar-refractivity contribution >= 4 is 23.0 Å². The lowest BCUT2D eigenvalue weighted by atomic mass is 10.2. The number of halogens is 1. The van der Waals surface area contributed by atoms with Gasteiger partial charge in [-0.1, -0.05) is 36.4 Å². The molecule has 0 radical (unpaired) electrons. The van der Waals surface area contributed by atoms with Crippen molar-refractivity contribution in [2.45, 2.75) is 6.10 Å². The van der Waals surface area contributed by atoms with Gasteiger partial charge in [0.15, 0.2) is 0 Å². The Morgan fingerprint density at radius 3 is 1.72 bits per heavy atom. The maximum absolute atomic E-state index is 9.78. The summed E-state index contributed by atoms with van der Waals surface area (Å²) in [5.74, 6) is 0.232. The van der Waals surface area contributed by atoms with E-state index in [0.29, 0.717) is 6.54 Å². The van der Waals surface area contributed by atoms with Gasteiger partial charge in [0, 0.05) is 11.4 Å². The van der Waals surface area contributed by atoms with Gasteiger partial charge in [-0.15, -0.1) is 11.6 Å². The molecule has 0 bridgehead atoms. The van der Waals surface area contributed by atoms with Crippen LogP contribution in [0.5, 0.6) is 0 Å². The molecule has 0 amide bonds. The number of rotatable bonds is 5. The van der Waals surface area contributed by atoms with Gasteiger partial charge in [-0.25, -0.2) is 0 Å². The van der Waals surface area contributed by atoms with Crippen LogP contribution in [0.4, 0.5) is 11.4 Å². The number of nitrogens with zero attached hydrogens (tertiary/aromatic N) is 1. The summed E-state index contributed by atoms with van der Waals surface area (Å²) in [5.41, 5.74) is 2.10. The molecule has 0 heterocycles. The largest absolute Gasteiger partial charge is 0.390 e. The van der Waals surface area contributed by atoms with E-state index in [2.05, 4.69) is 4.90 Å². The second-order valence-corrected chi connectivity index (χ2v) is 4.40. The van der Waals surface area contributed by atoms with E-state index < -0.39 is 6.10 Å². The lowest BCUT2D eigenvalue weighted by Gasteiger charge is -2.26. The molecule has 2 aromatic carbocycles. The fourth-order valence-electron chi connectivity index (χ4n) is 1.84. The molecule has 0 fully saturated rings. The summed E-state index contributed by atoms with van der Waals surface area (Å²) in [6.45, 7) is 0.484. The Bertz CT molecular complexity index is 421. The molecule has 0 aliphatic carbocycles. The van der Waals surface area contributed by atoms with Crippen LogP contribution in [0.25, 0.3) is 0 Å². The molecule has 94 valence electrons. The van der Waals surface area contributed by atoms with Crippen LogP contribution in [0.15, 0.2) is 60.7 Å². The number of anilines is 2. The molecule has 3 heteroatoms. The van der Waals surface area contributed by atoms with E-state index in [1.165, 1.54) is 0 Å². The Balaban J connectivity index is 2.29. The highest BCUT2D eigenvalue weighted by molar-refractivity contribution is 6.18. The van der Waals surface area contributed by atoms with E-state index in [1.807, 2.05) is 60.7 Å². The monoisotopic (exact) mass is 261 g/mol. The predicted molar refractivity (Wildman–Crippen MR) is 76.6 cm³/mol. The maximum Gasteiger partial charge on any atom is 0.0854 e. The molecule has 0 aliphatic heterocycles. The van der Waals surface area contributed by atoms with E-state index in [-0.39, 0.29) is 5.88 Å². The Morgan fingerprint density at radius 2 is 1.33 bits per heavy atom. The minimum atomic E-state index is -0.549. The van der Waals surface area contributed by atoms with Crippen molar-refractivity contribution in [2.24, 2.45) is 0 Å². The number of aliphatic hydroxyl groups is 1. The molecular formula is C15H16ClNO. The van der Waals surface area contributed by atoms with E-state index in [1.54, 1.807) is 0 Å². The van der Waals surface area contributed by atoms with Crippen LogP contribution >= 0.6 is 11.6 Å². The van der Waals surface area contributed by atoms with Crippen molar-refractivity contribution < 1.29 is 5.11 Å². The lowest BCUT2D eigenvalue weighted by molar-refractivity contribution is 0.206. The summed E-state index contributed by atoms with van der Waals surface area (Å²) < 4.78 is 0. The van der Waals surface area contributed by atoms with Gasteiger partial charge in [0.1, 0.15) is 0 Å². The SMILES string of the molecule is OC(CCl)CN(c1ccccc1)c1ccccc1. The average molecular weight is 262 g/mol. The Kier molecular flexibility index (Phi) is 4.62. The van der Waals surface area contributed by atoms with Gasteiger partial charge in [0.05, 0.1) is 18.5 Å². The third kappa shape index (κ3) is 3.25. The van der Waals surface area contributed by atoms with Crippen molar-refractivity contribution in [3.63, 3.8) is 0 Å². The molecule has 0 saturated heterocycles. The Hall–Kier alpha value is -1.51. The minimum absolute atomic E-state index is 0.232. The van der Waals surface area contributed by atoms with E-state index in [4.69, 9.17) is 11.6 Å². The first-order chi connectivity index (χ1) is 8.81. The van der Waals surface area contributed by atoms with Crippen molar-refractivity contribution in [1.82, 2.24) is 0 Å². The first-order valence-corrected chi connectivity index (χ1v) is 6.46.